The second kappa shape index (κ2) is 10.9. The van der Waals surface area contributed by atoms with Gasteiger partial charge < -0.3 is 25.2 Å². The molecule has 0 amide bonds. The summed E-state index contributed by atoms with van der Waals surface area (Å²) in [4.78, 5) is 14.6. The van der Waals surface area contributed by atoms with Crippen molar-refractivity contribution in [3.63, 3.8) is 0 Å². The number of alkyl halides is 1. The molecule has 3 aliphatic carbocycles. The number of nitrogens with one attached hydrogen (secondary N) is 1. The molecule has 0 bridgehead atoms. The number of likely N-dealkylation sites (tertiary alicyclic amines) is 1. The predicted molar refractivity (Wildman–Crippen MR) is 170 cm³/mol. The van der Waals surface area contributed by atoms with Crippen molar-refractivity contribution in [1.82, 2.24) is 25.3 Å². The van der Waals surface area contributed by atoms with E-state index in [0.717, 1.165) is 66.7 Å². The van der Waals surface area contributed by atoms with Gasteiger partial charge >= 0.3 is 0 Å². The van der Waals surface area contributed by atoms with Crippen LogP contribution in [-0.2, 0) is 18.3 Å². The lowest BCUT2D eigenvalue weighted by Crippen LogP contribution is -2.57. The van der Waals surface area contributed by atoms with Crippen LogP contribution in [0.15, 0.2) is 4.52 Å². The Kier molecular flexibility index (Phi) is 7.08. The Balaban J connectivity index is 1.23. The van der Waals surface area contributed by atoms with Crippen LogP contribution in [0.4, 0.5) is 19.6 Å². The minimum absolute atomic E-state index is 0.0365. The minimum atomic E-state index is -0.950. The van der Waals surface area contributed by atoms with Crippen LogP contribution in [0.5, 0.6) is 5.88 Å². The SMILES string of the molecule is C[C@@H]1CN(c2nc(-c3noc4c3CCC[C@@]43CCCc4sc(N)c(C#N)c43)nc(O[C@@H](C)[C@@H]3C[C@@H](F)CN3C)c2F)CC2(CC2)N1. The summed E-state index contributed by atoms with van der Waals surface area (Å²) < 4.78 is 43.2. The van der Waals surface area contributed by atoms with Crippen LogP contribution in [0.3, 0.4) is 0 Å². The fourth-order valence-corrected chi connectivity index (χ4v) is 9.94. The zero-order valence-electron chi connectivity index (χ0n) is 26.5. The van der Waals surface area contributed by atoms with Crippen molar-refractivity contribution in [2.24, 2.45) is 0 Å². The number of likely N-dealkylation sites (N-methyl/N-ethyl adjacent to an activating group) is 1. The third-order valence-corrected chi connectivity index (χ3v) is 12.0. The Bertz CT molecular complexity index is 1730. The number of rotatable bonds is 5. The largest absolute Gasteiger partial charge is 0.471 e. The molecule has 46 heavy (non-hydrogen) atoms. The van der Waals surface area contributed by atoms with Crippen LogP contribution in [-0.4, -0.2) is 76.6 Å². The fourth-order valence-electron chi connectivity index (χ4n) is 8.78. The summed E-state index contributed by atoms with van der Waals surface area (Å²) in [7, 11) is 1.86. The van der Waals surface area contributed by atoms with Gasteiger partial charge in [-0.2, -0.15) is 14.6 Å². The molecule has 0 radical (unpaired) electrons. The Morgan fingerprint density at radius 2 is 1.98 bits per heavy atom. The van der Waals surface area contributed by atoms with Gasteiger partial charge in [-0.3, -0.25) is 4.90 Å². The molecule has 2 spiro atoms. The monoisotopic (exact) mass is 650 g/mol. The number of anilines is 2. The molecule has 3 aromatic heterocycles. The van der Waals surface area contributed by atoms with Crippen molar-refractivity contribution in [2.45, 2.75) is 107 Å². The average Bonchev–Trinajstić information content (AvgIpc) is 3.31. The van der Waals surface area contributed by atoms with Gasteiger partial charge in [-0.15, -0.1) is 11.3 Å². The third-order valence-electron chi connectivity index (χ3n) is 11.0. The molecule has 0 aromatic carbocycles. The minimum Gasteiger partial charge on any atom is -0.471 e. The summed E-state index contributed by atoms with van der Waals surface area (Å²) in [6.45, 7) is 5.48. The predicted octanol–water partition coefficient (Wildman–Crippen LogP) is 4.88. The maximum Gasteiger partial charge on any atom is 0.256 e. The molecular weight excluding hydrogens is 610 g/mol. The fraction of sp³-hybridized carbons (Fsp3) is 0.636. The first-order chi connectivity index (χ1) is 22.1. The molecule has 0 unspecified atom stereocenters. The van der Waals surface area contributed by atoms with Gasteiger partial charge in [-0.25, -0.2) is 9.37 Å². The van der Waals surface area contributed by atoms with Gasteiger partial charge in [0.2, 0.25) is 5.82 Å². The summed E-state index contributed by atoms with van der Waals surface area (Å²) in [5.74, 6) is 0.411. The number of thiophene rings is 1. The maximum absolute atomic E-state index is 16.5. The molecule has 3 fully saturated rings. The van der Waals surface area contributed by atoms with Gasteiger partial charge in [-0.1, -0.05) is 5.16 Å². The van der Waals surface area contributed by atoms with E-state index < -0.39 is 23.5 Å². The van der Waals surface area contributed by atoms with Crippen LogP contribution in [0.25, 0.3) is 11.5 Å². The standard InChI is InChI=1S/C33H40F2N8O2S/c1-17-14-43(16-32(40-17)10-11-32)30-25(35)31(44-18(2)22-12-19(34)15-42(22)3)39-29(38-30)26-20-6-4-8-33(27(20)45-41-26)9-5-7-23-24(33)21(13-36)28(37)46-23/h17-19,22,40H,4-12,14-16,37H2,1-3H3/t17-,18+,19-,22+,33+/m1/s1. The molecule has 2 saturated heterocycles. The summed E-state index contributed by atoms with van der Waals surface area (Å²) in [6, 6.07) is 2.31. The van der Waals surface area contributed by atoms with E-state index in [1.807, 2.05) is 23.8 Å². The van der Waals surface area contributed by atoms with Crippen molar-refractivity contribution in [2.75, 3.05) is 37.3 Å². The molecule has 8 rings (SSSR count). The molecule has 3 N–H and O–H groups in total. The highest BCUT2D eigenvalue weighted by Gasteiger charge is 2.50. The molecule has 13 heteroatoms. The molecule has 10 nitrogen and oxygen atoms in total. The number of nitrogens with two attached hydrogens (primary N) is 1. The van der Waals surface area contributed by atoms with Crippen molar-refractivity contribution >= 4 is 22.2 Å². The van der Waals surface area contributed by atoms with E-state index in [-0.39, 0.29) is 35.1 Å². The lowest BCUT2D eigenvalue weighted by molar-refractivity contribution is 0.112. The van der Waals surface area contributed by atoms with Crippen molar-refractivity contribution in [3.8, 4) is 23.5 Å². The molecule has 3 aromatic rings. The van der Waals surface area contributed by atoms with Gasteiger partial charge in [0, 0.05) is 47.7 Å². The van der Waals surface area contributed by atoms with E-state index in [9.17, 15) is 9.65 Å². The number of hydrogen-bond donors (Lipinski definition) is 2. The number of piperazine rings is 1. The number of halogens is 2. The number of aryl methyl sites for hydroxylation is 1. The van der Waals surface area contributed by atoms with Crippen LogP contribution in [0, 0.1) is 17.1 Å². The lowest BCUT2D eigenvalue weighted by Gasteiger charge is -2.39. The summed E-state index contributed by atoms with van der Waals surface area (Å²) in [5.41, 5.74) is 8.72. The lowest BCUT2D eigenvalue weighted by atomic mass is 9.63. The second-order valence-corrected chi connectivity index (χ2v) is 15.4. The zero-order chi connectivity index (χ0) is 32.0. The van der Waals surface area contributed by atoms with Crippen LogP contribution < -0.4 is 20.7 Å². The number of aromatic nitrogens is 3. The maximum atomic E-state index is 16.5. The molecule has 2 aliphatic heterocycles. The van der Waals surface area contributed by atoms with Crippen LogP contribution in [0.2, 0.25) is 0 Å². The molecule has 1 saturated carbocycles. The van der Waals surface area contributed by atoms with E-state index in [0.29, 0.717) is 48.7 Å². The normalized spacial score (nSPS) is 29.0. The number of nitrogen functional groups attached to an aromatic ring is 1. The Labute approximate surface area is 271 Å². The first-order valence-electron chi connectivity index (χ1n) is 16.5. The number of fused-ring (bicyclic) bond motifs is 4. The smallest absolute Gasteiger partial charge is 0.256 e. The van der Waals surface area contributed by atoms with Crippen LogP contribution >= 0.6 is 11.3 Å². The third kappa shape index (κ3) is 4.70. The molecule has 5 heterocycles. The zero-order valence-corrected chi connectivity index (χ0v) is 27.4. The topological polar surface area (TPSA) is 129 Å². The molecule has 5 aliphatic rings. The van der Waals surface area contributed by atoms with Gasteiger partial charge in [0.05, 0.1) is 11.0 Å². The number of ether oxygens (including phenoxy) is 1. The van der Waals surface area contributed by atoms with Crippen molar-refractivity contribution in [1.29, 1.82) is 5.26 Å². The Morgan fingerprint density at radius 3 is 2.70 bits per heavy atom. The number of hydrogen-bond acceptors (Lipinski definition) is 11. The first-order valence-corrected chi connectivity index (χ1v) is 17.4. The molecule has 5 atom stereocenters. The number of nitriles is 1. The molecular formula is C33H40F2N8O2S. The van der Waals surface area contributed by atoms with E-state index in [4.69, 9.17) is 20.0 Å². The van der Waals surface area contributed by atoms with Gasteiger partial charge in [0.15, 0.2) is 23.1 Å². The second-order valence-electron chi connectivity index (χ2n) is 14.2. The first kappa shape index (κ1) is 30.0. The van der Waals surface area contributed by atoms with Crippen molar-refractivity contribution in [3.05, 3.63) is 33.1 Å². The van der Waals surface area contributed by atoms with Crippen molar-refractivity contribution < 1.29 is 18.0 Å². The quantitative estimate of drug-likeness (QED) is 0.394. The average molecular weight is 651 g/mol. The van der Waals surface area contributed by atoms with Gasteiger partial charge in [0.25, 0.3) is 5.88 Å². The van der Waals surface area contributed by atoms with E-state index in [1.165, 1.54) is 11.3 Å². The van der Waals surface area contributed by atoms with Gasteiger partial charge in [0.1, 0.15) is 23.3 Å². The summed E-state index contributed by atoms with van der Waals surface area (Å²) in [5, 5.41) is 18.9. The van der Waals surface area contributed by atoms with Crippen LogP contribution in [0.1, 0.15) is 86.1 Å². The summed E-state index contributed by atoms with van der Waals surface area (Å²) >= 11 is 1.50. The summed E-state index contributed by atoms with van der Waals surface area (Å²) in [6.07, 6.45) is 6.01. The Hall–Kier alpha value is -3.34. The highest BCUT2D eigenvalue weighted by Crippen LogP contribution is 2.55. The number of nitrogens with zero attached hydrogens (tertiary/aromatic N) is 6. The van der Waals surface area contributed by atoms with Gasteiger partial charge in [-0.05, 0) is 84.2 Å². The highest BCUT2D eigenvalue weighted by molar-refractivity contribution is 7.16. The van der Waals surface area contributed by atoms with E-state index >= 15 is 4.39 Å². The van der Waals surface area contributed by atoms with E-state index in [2.05, 4.69) is 28.5 Å². The van der Waals surface area contributed by atoms with E-state index in [1.54, 1.807) is 0 Å². The Morgan fingerprint density at radius 1 is 1.20 bits per heavy atom. The highest BCUT2D eigenvalue weighted by atomic mass is 32.1. The molecule has 244 valence electrons.